The number of nitrogens with one attached hydrogen (secondary N) is 1. The minimum Gasteiger partial charge on any atom is -0.331 e. The SMILES string of the molecule is Cc1ccc2[nH]c(=S)n(-c3ccc(Br)cc3Cl)c(=O)c2c1. The highest BCUT2D eigenvalue weighted by Crippen LogP contribution is 2.24. The number of H-pyrrole nitrogens is 1. The summed E-state index contributed by atoms with van der Waals surface area (Å²) in [6.45, 7) is 1.94. The van der Waals surface area contributed by atoms with E-state index in [0.717, 1.165) is 15.6 Å². The van der Waals surface area contributed by atoms with Crippen LogP contribution in [0.1, 0.15) is 5.56 Å². The molecule has 1 heterocycles. The lowest BCUT2D eigenvalue weighted by atomic mass is 10.1. The lowest BCUT2D eigenvalue weighted by molar-refractivity contribution is 0.939. The number of fused-ring (bicyclic) bond motifs is 1. The maximum Gasteiger partial charge on any atom is 0.266 e. The third-order valence-corrected chi connectivity index (χ3v) is 4.28. The van der Waals surface area contributed by atoms with Crippen molar-refractivity contribution in [3.05, 3.63) is 66.6 Å². The van der Waals surface area contributed by atoms with Crippen LogP contribution in [0.2, 0.25) is 5.02 Å². The summed E-state index contributed by atoms with van der Waals surface area (Å²) < 4.78 is 2.59. The second-order valence-corrected chi connectivity index (χ2v) is 6.43. The van der Waals surface area contributed by atoms with Gasteiger partial charge in [0.2, 0.25) is 0 Å². The molecule has 6 heteroatoms. The number of aryl methyl sites for hydroxylation is 1. The Morgan fingerprint density at radius 2 is 2.00 bits per heavy atom. The average Bonchev–Trinajstić information content (AvgIpc) is 2.42. The molecule has 2 aromatic carbocycles. The zero-order valence-corrected chi connectivity index (χ0v) is 14.1. The first-order valence-electron chi connectivity index (χ1n) is 6.18. The molecule has 1 aromatic heterocycles. The number of hydrogen-bond donors (Lipinski definition) is 1. The first-order valence-corrected chi connectivity index (χ1v) is 7.76. The third kappa shape index (κ3) is 2.57. The number of nitrogens with zero attached hydrogens (tertiary/aromatic N) is 1. The fourth-order valence-corrected chi connectivity index (χ4v) is 3.26. The van der Waals surface area contributed by atoms with Gasteiger partial charge in [-0.1, -0.05) is 39.2 Å². The van der Waals surface area contributed by atoms with Gasteiger partial charge in [-0.05, 0) is 49.5 Å². The Bertz CT molecular complexity index is 978. The molecular formula is C15H10BrClN2OS. The van der Waals surface area contributed by atoms with Crippen molar-refractivity contribution >= 4 is 50.7 Å². The van der Waals surface area contributed by atoms with Gasteiger partial charge in [-0.2, -0.15) is 0 Å². The average molecular weight is 382 g/mol. The van der Waals surface area contributed by atoms with Gasteiger partial charge in [0.05, 0.1) is 21.6 Å². The van der Waals surface area contributed by atoms with Gasteiger partial charge in [-0.25, -0.2) is 0 Å². The molecule has 0 aliphatic rings. The van der Waals surface area contributed by atoms with Crippen molar-refractivity contribution in [1.82, 2.24) is 9.55 Å². The summed E-state index contributed by atoms with van der Waals surface area (Å²) in [6, 6.07) is 11.0. The van der Waals surface area contributed by atoms with Crippen LogP contribution in [0.5, 0.6) is 0 Å². The molecule has 0 amide bonds. The smallest absolute Gasteiger partial charge is 0.266 e. The Morgan fingerprint density at radius 1 is 1.24 bits per heavy atom. The van der Waals surface area contributed by atoms with Crippen molar-refractivity contribution in [3.63, 3.8) is 0 Å². The van der Waals surface area contributed by atoms with Crippen LogP contribution in [0.4, 0.5) is 0 Å². The van der Waals surface area contributed by atoms with Crippen LogP contribution < -0.4 is 5.56 Å². The molecule has 0 aliphatic heterocycles. The molecule has 1 N–H and O–H groups in total. The topological polar surface area (TPSA) is 37.8 Å². The number of halogens is 2. The van der Waals surface area contributed by atoms with E-state index < -0.39 is 0 Å². The van der Waals surface area contributed by atoms with Crippen LogP contribution in [0.25, 0.3) is 16.6 Å². The monoisotopic (exact) mass is 380 g/mol. The zero-order valence-electron chi connectivity index (χ0n) is 11.0. The van der Waals surface area contributed by atoms with Gasteiger partial charge >= 0.3 is 0 Å². The molecule has 0 bridgehead atoms. The molecule has 3 nitrogen and oxygen atoms in total. The predicted molar refractivity (Wildman–Crippen MR) is 92.2 cm³/mol. The summed E-state index contributed by atoms with van der Waals surface area (Å²) in [7, 11) is 0. The van der Waals surface area contributed by atoms with Crippen LogP contribution in [0.15, 0.2) is 45.7 Å². The Hall–Kier alpha value is -1.43. The van der Waals surface area contributed by atoms with Crippen LogP contribution in [0, 0.1) is 11.7 Å². The number of rotatable bonds is 1. The molecule has 3 rings (SSSR count). The first-order chi connectivity index (χ1) is 9.97. The standard InChI is InChI=1S/C15H10BrClN2OS/c1-8-2-4-12-10(6-8)14(20)19(15(21)18-12)13-5-3-9(16)7-11(13)17/h2-7H,1H3,(H,18,21). The second-order valence-electron chi connectivity index (χ2n) is 4.72. The minimum atomic E-state index is -0.179. The summed E-state index contributed by atoms with van der Waals surface area (Å²) in [4.78, 5) is 15.8. The zero-order chi connectivity index (χ0) is 15.1. The van der Waals surface area contributed by atoms with Crippen LogP contribution >= 0.6 is 39.7 Å². The molecule has 0 aliphatic carbocycles. The van der Waals surface area contributed by atoms with Gasteiger partial charge in [0, 0.05) is 4.47 Å². The lowest BCUT2D eigenvalue weighted by Gasteiger charge is -2.10. The Labute approximate surface area is 139 Å². The van der Waals surface area contributed by atoms with Crippen molar-refractivity contribution < 1.29 is 0 Å². The molecular weight excluding hydrogens is 372 g/mol. The second kappa shape index (κ2) is 5.40. The Morgan fingerprint density at radius 3 is 2.71 bits per heavy atom. The van der Waals surface area contributed by atoms with E-state index in [9.17, 15) is 4.79 Å². The van der Waals surface area contributed by atoms with Crippen molar-refractivity contribution in [1.29, 1.82) is 0 Å². The lowest BCUT2D eigenvalue weighted by Crippen LogP contribution is -2.20. The first kappa shape index (κ1) is 14.5. The molecule has 0 spiro atoms. The molecule has 106 valence electrons. The number of aromatic amines is 1. The summed E-state index contributed by atoms with van der Waals surface area (Å²) >= 11 is 14.9. The fourth-order valence-electron chi connectivity index (χ4n) is 2.21. The Kier molecular flexibility index (Phi) is 3.73. The number of benzene rings is 2. The number of aromatic nitrogens is 2. The van der Waals surface area contributed by atoms with E-state index in [4.69, 9.17) is 23.8 Å². The normalized spacial score (nSPS) is 11.0. The van der Waals surface area contributed by atoms with E-state index in [0.29, 0.717) is 20.9 Å². The Balaban J connectivity index is 2.43. The van der Waals surface area contributed by atoms with E-state index in [1.807, 2.05) is 31.2 Å². The van der Waals surface area contributed by atoms with E-state index in [2.05, 4.69) is 20.9 Å². The van der Waals surface area contributed by atoms with E-state index in [-0.39, 0.29) is 5.56 Å². The maximum atomic E-state index is 12.7. The highest BCUT2D eigenvalue weighted by Gasteiger charge is 2.11. The number of hydrogen-bond acceptors (Lipinski definition) is 2. The highest BCUT2D eigenvalue weighted by molar-refractivity contribution is 9.10. The van der Waals surface area contributed by atoms with Gasteiger partial charge in [0.1, 0.15) is 0 Å². The summed E-state index contributed by atoms with van der Waals surface area (Å²) in [5.74, 6) is 0. The van der Waals surface area contributed by atoms with Gasteiger partial charge in [0.25, 0.3) is 5.56 Å². The van der Waals surface area contributed by atoms with Crippen molar-refractivity contribution in [3.8, 4) is 5.69 Å². The van der Waals surface area contributed by atoms with Gasteiger partial charge < -0.3 is 4.98 Å². The molecule has 0 unspecified atom stereocenters. The molecule has 0 saturated heterocycles. The minimum absolute atomic E-state index is 0.179. The van der Waals surface area contributed by atoms with Crippen molar-refractivity contribution in [2.45, 2.75) is 6.92 Å². The van der Waals surface area contributed by atoms with Crippen LogP contribution in [-0.2, 0) is 0 Å². The van der Waals surface area contributed by atoms with Gasteiger partial charge in [0.15, 0.2) is 4.77 Å². The molecule has 0 saturated carbocycles. The summed E-state index contributed by atoms with van der Waals surface area (Å²) in [5.41, 5.74) is 2.12. The quantitative estimate of drug-likeness (QED) is 0.616. The predicted octanol–water partition coefficient (Wildman–Crippen LogP) is 4.77. The highest BCUT2D eigenvalue weighted by atomic mass is 79.9. The molecule has 0 radical (unpaired) electrons. The van der Waals surface area contributed by atoms with Crippen molar-refractivity contribution in [2.75, 3.05) is 0 Å². The summed E-state index contributed by atoms with van der Waals surface area (Å²) in [6.07, 6.45) is 0. The molecule has 0 atom stereocenters. The summed E-state index contributed by atoms with van der Waals surface area (Å²) in [5, 5.41) is 1.04. The molecule has 0 fully saturated rings. The molecule has 21 heavy (non-hydrogen) atoms. The third-order valence-electron chi connectivity index (χ3n) is 3.20. The van der Waals surface area contributed by atoms with Crippen LogP contribution in [0.3, 0.4) is 0 Å². The van der Waals surface area contributed by atoms with E-state index in [1.54, 1.807) is 12.1 Å². The fraction of sp³-hybridized carbons (Fsp3) is 0.0667. The van der Waals surface area contributed by atoms with Gasteiger partial charge in [-0.15, -0.1) is 0 Å². The van der Waals surface area contributed by atoms with Crippen molar-refractivity contribution in [2.24, 2.45) is 0 Å². The van der Waals surface area contributed by atoms with Gasteiger partial charge in [-0.3, -0.25) is 9.36 Å². The van der Waals surface area contributed by atoms with E-state index in [1.165, 1.54) is 4.57 Å². The largest absolute Gasteiger partial charge is 0.331 e. The maximum absolute atomic E-state index is 12.7. The molecule has 3 aromatic rings. The van der Waals surface area contributed by atoms with Crippen LogP contribution in [-0.4, -0.2) is 9.55 Å². The van der Waals surface area contributed by atoms with E-state index >= 15 is 0 Å².